The van der Waals surface area contributed by atoms with Crippen molar-refractivity contribution in [2.45, 2.75) is 23.8 Å². The Labute approximate surface area is 147 Å². The molecule has 0 amide bonds. The zero-order valence-electron chi connectivity index (χ0n) is 14.0. The minimum Gasteiger partial charge on any atom is -0.297 e. The second-order valence-electron chi connectivity index (χ2n) is 5.99. The SMILES string of the molecule is CSc1ccc(C(=O)C(C)(Cc2ccccc2Cl)N(C)C)cc1. The first-order chi connectivity index (χ1) is 10.9. The van der Waals surface area contributed by atoms with Crippen LogP contribution < -0.4 is 0 Å². The van der Waals surface area contributed by atoms with Crippen molar-refractivity contribution in [2.24, 2.45) is 0 Å². The molecule has 4 heteroatoms. The van der Waals surface area contributed by atoms with Gasteiger partial charge in [-0.1, -0.05) is 41.9 Å². The van der Waals surface area contributed by atoms with E-state index >= 15 is 0 Å². The van der Waals surface area contributed by atoms with E-state index in [1.165, 1.54) is 0 Å². The molecule has 0 saturated carbocycles. The Morgan fingerprint density at radius 3 is 2.26 bits per heavy atom. The van der Waals surface area contributed by atoms with Gasteiger partial charge in [-0.15, -0.1) is 11.8 Å². The van der Waals surface area contributed by atoms with Crippen molar-refractivity contribution in [3.63, 3.8) is 0 Å². The van der Waals surface area contributed by atoms with E-state index in [0.29, 0.717) is 11.4 Å². The van der Waals surface area contributed by atoms with E-state index in [4.69, 9.17) is 11.6 Å². The summed E-state index contributed by atoms with van der Waals surface area (Å²) in [5.74, 6) is 0.107. The van der Waals surface area contributed by atoms with Crippen molar-refractivity contribution in [3.8, 4) is 0 Å². The summed E-state index contributed by atoms with van der Waals surface area (Å²) < 4.78 is 0. The molecule has 2 nitrogen and oxygen atoms in total. The van der Waals surface area contributed by atoms with Crippen molar-refractivity contribution in [3.05, 3.63) is 64.7 Å². The number of carbonyl (C=O) groups excluding carboxylic acids is 1. The summed E-state index contributed by atoms with van der Waals surface area (Å²) in [6.45, 7) is 1.97. The zero-order chi connectivity index (χ0) is 17.0. The van der Waals surface area contributed by atoms with Crippen molar-refractivity contribution < 1.29 is 4.79 Å². The molecule has 2 rings (SSSR count). The number of halogens is 1. The van der Waals surface area contributed by atoms with Crippen LogP contribution in [0.1, 0.15) is 22.8 Å². The summed E-state index contributed by atoms with van der Waals surface area (Å²) in [6, 6.07) is 15.5. The number of likely N-dealkylation sites (N-methyl/N-ethyl adjacent to an activating group) is 1. The van der Waals surface area contributed by atoms with E-state index in [1.54, 1.807) is 11.8 Å². The number of rotatable bonds is 6. The van der Waals surface area contributed by atoms with E-state index in [-0.39, 0.29) is 5.78 Å². The highest BCUT2D eigenvalue weighted by Crippen LogP contribution is 2.28. The normalized spacial score (nSPS) is 13.8. The van der Waals surface area contributed by atoms with Gasteiger partial charge in [-0.05, 0) is 57.5 Å². The monoisotopic (exact) mass is 347 g/mol. The highest BCUT2D eigenvalue weighted by atomic mass is 35.5. The summed E-state index contributed by atoms with van der Waals surface area (Å²) in [6.07, 6.45) is 2.60. The number of thioether (sulfide) groups is 1. The van der Waals surface area contributed by atoms with Crippen LogP contribution in [-0.2, 0) is 6.42 Å². The summed E-state index contributed by atoms with van der Waals surface area (Å²) in [5.41, 5.74) is 1.07. The minimum atomic E-state index is -0.647. The van der Waals surface area contributed by atoms with Gasteiger partial charge in [0.05, 0.1) is 5.54 Å². The Balaban J connectivity index is 2.35. The molecule has 0 radical (unpaired) electrons. The molecule has 0 aliphatic rings. The molecule has 2 aromatic carbocycles. The molecule has 0 heterocycles. The summed E-state index contributed by atoms with van der Waals surface area (Å²) >= 11 is 7.96. The third-order valence-electron chi connectivity index (χ3n) is 4.32. The third-order valence-corrected chi connectivity index (χ3v) is 5.43. The summed E-state index contributed by atoms with van der Waals surface area (Å²) in [5, 5.41) is 0.700. The van der Waals surface area contributed by atoms with Crippen LogP contribution in [0.4, 0.5) is 0 Å². The first-order valence-corrected chi connectivity index (χ1v) is 9.08. The second-order valence-corrected chi connectivity index (χ2v) is 7.28. The average Bonchev–Trinajstić information content (AvgIpc) is 2.56. The number of carbonyl (C=O) groups is 1. The van der Waals surface area contributed by atoms with Crippen LogP contribution in [0.2, 0.25) is 5.02 Å². The van der Waals surface area contributed by atoms with Gasteiger partial charge >= 0.3 is 0 Å². The van der Waals surface area contributed by atoms with Crippen LogP contribution in [0.3, 0.4) is 0 Å². The fourth-order valence-electron chi connectivity index (χ4n) is 2.51. The number of benzene rings is 2. The van der Waals surface area contributed by atoms with Crippen LogP contribution in [0.25, 0.3) is 0 Å². The minimum absolute atomic E-state index is 0.107. The molecule has 1 unspecified atom stereocenters. The van der Waals surface area contributed by atoms with E-state index < -0.39 is 5.54 Å². The molecular weight excluding hydrogens is 326 g/mol. The predicted molar refractivity (Wildman–Crippen MR) is 99.8 cm³/mol. The average molecular weight is 348 g/mol. The standard InChI is InChI=1S/C19H22ClNOS/c1-19(21(2)3,13-15-7-5-6-8-17(15)20)18(22)14-9-11-16(23-4)12-10-14/h5-12H,13H2,1-4H3. The lowest BCUT2D eigenvalue weighted by Gasteiger charge is -2.35. The molecule has 0 N–H and O–H groups in total. The predicted octanol–water partition coefficient (Wildman–Crippen LogP) is 4.81. The Morgan fingerprint density at radius 1 is 1.13 bits per heavy atom. The third kappa shape index (κ3) is 3.97. The Kier molecular flexibility index (Phi) is 5.90. The van der Waals surface area contributed by atoms with Crippen LogP contribution in [0.5, 0.6) is 0 Å². The number of nitrogens with zero attached hydrogens (tertiary/aromatic N) is 1. The molecule has 0 aliphatic carbocycles. The quantitative estimate of drug-likeness (QED) is 0.552. The maximum atomic E-state index is 13.1. The molecule has 1 atom stereocenters. The number of Topliss-reactive ketones (excluding diaryl/α,β-unsaturated/α-hetero) is 1. The van der Waals surface area contributed by atoms with E-state index in [0.717, 1.165) is 16.0 Å². The van der Waals surface area contributed by atoms with Crippen molar-refractivity contribution >= 4 is 29.1 Å². The Bertz CT molecular complexity index is 684. The van der Waals surface area contributed by atoms with Crippen LogP contribution in [-0.4, -0.2) is 36.6 Å². The van der Waals surface area contributed by atoms with Gasteiger partial charge in [-0.3, -0.25) is 9.69 Å². The summed E-state index contributed by atoms with van der Waals surface area (Å²) in [7, 11) is 3.87. The summed E-state index contributed by atoms with van der Waals surface area (Å²) in [4.78, 5) is 16.3. The Hall–Kier alpha value is -1.29. The second kappa shape index (κ2) is 7.52. The van der Waals surface area contributed by atoms with Crippen molar-refractivity contribution in [1.82, 2.24) is 4.90 Å². The molecule has 0 saturated heterocycles. The smallest absolute Gasteiger partial charge is 0.183 e. The fraction of sp³-hybridized carbons (Fsp3) is 0.316. The lowest BCUT2D eigenvalue weighted by atomic mass is 9.84. The van der Waals surface area contributed by atoms with Crippen molar-refractivity contribution in [1.29, 1.82) is 0 Å². The molecule has 0 aliphatic heterocycles. The van der Waals surface area contributed by atoms with Gasteiger partial charge in [0.15, 0.2) is 5.78 Å². The fourth-order valence-corrected chi connectivity index (χ4v) is 3.12. The number of ketones is 1. The Morgan fingerprint density at radius 2 is 1.74 bits per heavy atom. The molecule has 0 bridgehead atoms. The molecule has 23 heavy (non-hydrogen) atoms. The lowest BCUT2D eigenvalue weighted by molar-refractivity contribution is 0.0719. The molecule has 122 valence electrons. The van der Waals surface area contributed by atoms with Gasteiger partial charge in [0.25, 0.3) is 0 Å². The highest BCUT2D eigenvalue weighted by Gasteiger charge is 2.36. The maximum absolute atomic E-state index is 13.1. The molecule has 2 aromatic rings. The topological polar surface area (TPSA) is 20.3 Å². The number of hydrogen-bond donors (Lipinski definition) is 0. The van der Waals surface area contributed by atoms with E-state index in [2.05, 4.69) is 0 Å². The van der Waals surface area contributed by atoms with Gasteiger partial charge in [0, 0.05) is 15.5 Å². The first-order valence-electron chi connectivity index (χ1n) is 7.48. The van der Waals surface area contributed by atoms with Crippen LogP contribution >= 0.6 is 23.4 Å². The van der Waals surface area contributed by atoms with Gasteiger partial charge < -0.3 is 0 Å². The van der Waals surface area contributed by atoms with Crippen LogP contribution in [0, 0.1) is 0 Å². The molecular formula is C19H22ClNOS. The van der Waals surface area contributed by atoms with Gasteiger partial charge in [-0.25, -0.2) is 0 Å². The van der Waals surface area contributed by atoms with Crippen LogP contribution in [0.15, 0.2) is 53.4 Å². The largest absolute Gasteiger partial charge is 0.297 e. The van der Waals surface area contributed by atoms with E-state index in [1.807, 2.05) is 80.7 Å². The van der Waals surface area contributed by atoms with E-state index in [9.17, 15) is 4.79 Å². The zero-order valence-corrected chi connectivity index (χ0v) is 15.5. The van der Waals surface area contributed by atoms with Gasteiger partial charge in [0.2, 0.25) is 0 Å². The maximum Gasteiger partial charge on any atom is 0.183 e. The highest BCUT2D eigenvalue weighted by molar-refractivity contribution is 7.98. The lowest BCUT2D eigenvalue weighted by Crippen LogP contribution is -2.50. The van der Waals surface area contributed by atoms with Gasteiger partial charge in [-0.2, -0.15) is 0 Å². The molecule has 0 spiro atoms. The number of hydrogen-bond acceptors (Lipinski definition) is 3. The first kappa shape index (κ1) is 18.1. The molecule has 0 fully saturated rings. The molecule has 0 aromatic heterocycles. The van der Waals surface area contributed by atoms with Crippen molar-refractivity contribution in [2.75, 3.05) is 20.4 Å². The van der Waals surface area contributed by atoms with Gasteiger partial charge in [0.1, 0.15) is 0 Å².